The highest BCUT2D eigenvalue weighted by Gasteiger charge is 2.58. The number of benzene rings is 2. The lowest BCUT2D eigenvalue weighted by Gasteiger charge is -2.32. The predicted molar refractivity (Wildman–Crippen MR) is 148 cm³/mol. The topological polar surface area (TPSA) is 83.4 Å². The maximum Gasteiger partial charge on any atom is 0.244 e. The Balaban J connectivity index is 1.37. The first-order chi connectivity index (χ1) is 18.4. The third-order valence-electron chi connectivity index (χ3n) is 8.13. The number of halogens is 2. The van der Waals surface area contributed by atoms with Gasteiger partial charge in [0, 0.05) is 22.3 Å². The number of fused-ring (bicyclic) bond motifs is 4. The molecule has 8 nitrogen and oxygen atoms in total. The first-order valence-corrected chi connectivity index (χ1v) is 14.0. The van der Waals surface area contributed by atoms with Crippen LogP contribution in [0.25, 0.3) is 0 Å². The van der Waals surface area contributed by atoms with Crippen LogP contribution in [0.3, 0.4) is 0 Å². The van der Waals surface area contributed by atoms with Crippen LogP contribution < -0.4 is 10.2 Å². The van der Waals surface area contributed by atoms with Gasteiger partial charge in [0.2, 0.25) is 11.8 Å². The molecule has 2 aromatic carbocycles. The number of aromatic nitrogens is 3. The molecule has 2 atom stereocenters. The lowest BCUT2D eigenvalue weighted by Crippen LogP contribution is -2.47. The van der Waals surface area contributed by atoms with Crippen LogP contribution in [0.5, 0.6) is 0 Å². The zero-order valence-electron chi connectivity index (χ0n) is 21.3. The molecule has 0 radical (unpaired) electrons. The summed E-state index contributed by atoms with van der Waals surface area (Å²) in [4.78, 5) is 31.8. The monoisotopic (exact) mass is 552 g/mol. The second-order valence-corrected chi connectivity index (χ2v) is 11.3. The highest BCUT2D eigenvalue weighted by molar-refractivity contribution is 6.31. The Morgan fingerprint density at radius 2 is 1.74 bits per heavy atom. The number of piperidine rings is 1. The van der Waals surface area contributed by atoms with Gasteiger partial charge in [0.15, 0.2) is 5.82 Å². The van der Waals surface area contributed by atoms with Crippen LogP contribution in [-0.4, -0.2) is 57.9 Å². The number of rotatable bonds is 6. The van der Waals surface area contributed by atoms with Crippen LogP contribution in [0.2, 0.25) is 10.0 Å². The highest BCUT2D eigenvalue weighted by Crippen LogP contribution is 2.52. The van der Waals surface area contributed by atoms with Gasteiger partial charge in [0.1, 0.15) is 11.1 Å². The zero-order chi connectivity index (χ0) is 26.4. The summed E-state index contributed by atoms with van der Waals surface area (Å²) in [6.07, 6.45) is 4.57. The summed E-state index contributed by atoms with van der Waals surface area (Å²) >= 11 is 12.5. The normalized spacial score (nSPS) is 21.9. The number of likely N-dealkylation sites (tertiary alicyclic amines) is 1. The number of nitrogens with zero attached hydrogens (tertiary/aromatic N) is 5. The molecule has 0 bridgehead atoms. The fourth-order valence-corrected chi connectivity index (χ4v) is 6.45. The van der Waals surface area contributed by atoms with Gasteiger partial charge in [-0.1, -0.05) is 47.0 Å². The summed E-state index contributed by atoms with van der Waals surface area (Å²) in [6, 6.07) is 12.7. The third kappa shape index (κ3) is 4.19. The maximum absolute atomic E-state index is 14.3. The fraction of sp³-hybridized carbons (Fsp3) is 0.429. The number of carbonyl (C=O) groups is 2. The second kappa shape index (κ2) is 9.98. The molecule has 2 amide bonds. The van der Waals surface area contributed by atoms with E-state index in [1.807, 2.05) is 48.2 Å². The molecule has 3 aromatic rings. The summed E-state index contributed by atoms with van der Waals surface area (Å²) < 4.78 is 1.67. The van der Waals surface area contributed by atoms with Crippen molar-refractivity contribution >= 4 is 46.5 Å². The van der Waals surface area contributed by atoms with Gasteiger partial charge < -0.3 is 15.1 Å². The summed E-state index contributed by atoms with van der Waals surface area (Å²) in [5, 5.41) is 13.1. The molecule has 0 unspecified atom stereocenters. The van der Waals surface area contributed by atoms with Crippen molar-refractivity contribution in [2.75, 3.05) is 36.4 Å². The van der Waals surface area contributed by atoms with Crippen LogP contribution in [-0.2, 0) is 15.0 Å². The van der Waals surface area contributed by atoms with Crippen molar-refractivity contribution in [2.24, 2.45) is 0 Å². The number of nitrogens with one attached hydrogen (secondary N) is 1. The molecule has 3 aliphatic heterocycles. The van der Waals surface area contributed by atoms with Gasteiger partial charge in [-0.15, -0.1) is 5.10 Å². The SMILES string of the molecule is C[C@@H](c1ccc(Cl)cc1)n1nnc2c1NC(=O)C[C@]21C(=O)N(CCCN2CCCCC2)c2ccc(Cl)cc21. The summed E-state index contributed by atoms with van der Waals surface area (Å²) in [7, 11) is 0. The average molecular weight is 553 g/mol. The Labute approximate surface area is 231 Å². The van der Waals surface area contributed by atoms with Crippen molar-refractivity contribution in [1.82, 2.24) is 19.9 Å². The minimum atomic E-state index is -1.26. The molecular formula is C28H30Cl2N6O2. The molecule has 198 valence electrons. The van der Waals surface area contributed by atoms with Gasteiger partial charge in [0.25, 0.3) is 0 Å². The first-order valence-electron chi connectivity index (χ1n) is 13.2. The minimum absolute atomic E-state index is 0.0389. The van der Waals surface area contributed by atoms with Crippen LogP contribution in [0, 0.1) is 0 Å². The van der Waals surface area contributed by atoms with Crippen molar-refractivity contribution in [1.29, 1.82) is 0 Å². The summed E-state index contributed by atoms with van der Waals surface area (Å²) in [5.74, 6) is 0.0487. The minimum Gasteiger partial charge on any atom is -0.311 e. The van der Waals surface area contributed by atoms with Crippen molar-refractivity contribution < 1.29 is 9.59 Å². The zero-order valence-corrected chi connectivity index (χ0v) is 22.8. The van der Waals surface area contributed by atoms with E-state index in [4.69, 9.17) is 23.2 Å². The molecule has 4 heterocycles. The predicted octanol–water partition coefficient (Wildman–Crippen LogP) is 5.05. The largest absolute Gasteiger partial charge is 0.311 e. The Morgan fingerprint density at radius 3 is 2.50 bits per heavy atom. The second-order valence-electron chi connectivity index (χ2n) is 10.5. The van der Waals surface area contributed by atoms with E-state index in [1.54, 1.807) is 10.7 Å². The lowest BCUT2D eigenvalue weighted by atomic mass is 9.73. The molecule has 38 heavy (non-hydrogen) atoms. The van der Waals surface area contributed by atoms with E-state index >= 15 is 0 Å². The van der Waals surface area contributed by atoms with E-state index < -0.39 is 5.41 Å². The van der Waals surface area contributed by atoms with E-state index in [-0.39, 0.29) is 24.3 Å². The first kappa shape index (κ1) is 25.3. The van der Waals surface area contributed by atoms with Gasteiger partial charge in [-0.3, -0.25) is 9.59 Å². The van der Waals surface area contributed by atoms with Gasteiger partial charge in [-0.25, -0.2) is 4.68 Å². The highest BCUT2D eigenvalue weighted by atomic mass is 35.5. The Bertz CT molecular complexity index is 1380. The number of carbonyl (C=O) groups excluding carboxylic acids is 2. The van der Waals surface area contributed by atoms with Crippen LogP contribution in [0.15, 0.2) is 42.5 Å². The Kier molecular flexibility index (Phi) is 6.66. The van der Waals surface area contributed by atoms with Gasteiger partial charge in [-0.2, -0.15) is 0 Å². The molecule has 1 spiro atoms. The third-order valence-corrected chi connectivity index (χ3v) is 8.61. The number of anilines is 2. The van der Waals surface area contributed by atoms with Crippen molar-refractivity contribution in [2.45, 2.75) is 50.5 Å². The molecule has 10 heteroatoms. The number of hydrogen-bond acceptors (Lipinski definition) is 5. The van der Waals surface area contributed by atoms with Gasteiger partial charge >= 0.3 is 0 Å². The van der Waals surface area contributed by atoms with Crippen molar-refractivity contribution in [3.8, 4) is 0 Å². The molecule has 0 aliphatic carbocycles. The Hall–Kier alpha value is -2.94. The molecule has 1 fully saturated rings. The number of hydrogen-bond donors (Lipinski definition) is 1. The maximum atomic E-state index is 14.3. The van der Waals surface area contributed by atoms with Crippen LogP contribution >= 0.6 is 23.2 Å². The molecule has 6 rings (SSSR count). The standard InChI is InChI=1S/C28H30Cl2N6O2/c1-18(19-6-8-20(29)9-7-19)36-26-25(32-33-36)28(17-24(37)31-26)22-16-21(30)10-11-23(22)35(27(28)38)15-5-14-34-12-3-2-4-13-34/h6-11,16,18H,2-5,12-15,17H2,1H3,(H,31,37)/t18-,28+/m0/s1. The molecule has 1 aromatic heterocycles. The smallest absolute Gasteiger partial charge is 0.244 e. The molecule has 0 saturated carbocycles. The van der Waals surface area contributed by atoms with Crippen LogP contribution in [0.1, 0.15) is 61.9 Å². The van der Waals surface area contributed by atoms with E-state index in [0.717, 1.165) is 42.9 Å². The van der Waals surface area contributed by atoms with Crippen molar-refractivity contribution in [3.05, 3.63) is 69.3 Å². The van der Waals surface area contributed by atoms with Gasteiger partial charge in [-0.05, 0) is 87.3 Å². The quantitative estimate of drug-likeness (QED) is 0.462. The van der Waals surface area contributed by atoms with Crippen molar-refractivity contribution in [3.63, 3.8) is 0 Å². The lowest BCUT2D eigenvalue weighted by molar-refractivity contribution is -0.126. The average Bonchev–Trinajstić information content (AvgIpc) is 3.43. The van der Waals surface area contributed by atoms with E-state index in [9.17, 15) is 9.59 Å². The molecule has 1 N–H and O–H groups in total. The van der Waals surface area contributed by atoms with E-state index in [2.05, 4.69) is 20.5 Å². The van der Waals surface area contributed by atoms with E-state index in [1.165, 1.54) is 19.3 Å². The molecular weight excluding hydrogens is 523 g/mol. The Morgan fingerprint density at radius 1 is 1.00 bits per heavy atom. The molecule has 1 saturated heterocycles. The van der Waals surface area contributed by atoms with E-state index in [0.29, 0.717) is 28.1 Å². The summed E-state index contributed by atoms with van der Waals surface area (Å²) in [6.45, 7) is 5.71. The van der Waals surface area contributed by atoms with Crippen LogP contribution in [0.4, 0.5) is 11.5 Å². The van der Waals surface area contributed by atoms with Gasteiger partial charge in [0.05, 0.1) is 12.5 Å². The number of amides is 2. The summed E-state index contributed by atoms with van der Waals surface area (Å²) in [5.41, 5.74) is 1.66. The molecule has 3 aliphatic rings. The fourth-order valence-electron chi connectivity index (χ4n) is 6.15.